The lowest BCUT2D eigenvalue weighted by atomic mass is 10.1. The van der Waals surface area contributed by atoms with Crippen LogP contribution in [-0.4, -0.2) is 14.8 Å². The molecule has 1 aliphatic rings. The number of hydrogen-bond acceptors (Lipinski definition) is 4. The summed E-state index contributed by atoms with van der Waals surface area (Å²) in [7, 11) is 0. The topological polar surface area (TPSA) is 55.9 Å². The van der Waals surface area contributed by atoms with E-state index in [1.165, 1.54) is 0 Å². The zero-order valence-electron chi connectivity index (χ0n) is 12.4. The van der Waals surface area contributed by atoms with E-state index in [0.29, 0.717) is 0 Å². The minimum absolute atomic E-state index is 0.184. The number of fused-ring (bicyclic) bond motifs is 1. The Morgan fingerprint density at radius 3 is 3.10 bits per heavy atom. The zero-order valence-corrected chi connectivity index (χ0v) is 12.4. The van der Waals surface area contributed by atoms with Crippen LogP contribution in [0.5, 0.6) is 0 Å². The number of aryl methyl sites for hydroxylation is 3. The van der Waals surface area contributed by atoms with Gasteiger partial charge >= 0.3 is 0 Å². The molecule has 2 atom stereocenters. The molecule has 0 saturated heterocycles. The van der Waals surface area contributed by atoms with Crippen molar-refractivity contribution < 1.29 is 4.42 Å². The molecule has 0 spiro atoms. The molecule has 1 N–H and O–H groups in total. The van der Waals surface area contributed by atoms with Crippen molar-refractivity contribution in [2.24, 2.45) is 0 Å². The van der Waals surface area contributed by atoms with Crippen LogP contribution in [-0.2, 0) is 13.0 Å². The Kier molecular flexibility index (Phi) is 3.61. The molecule has 5 nitrogen and oxygen atoms in total. The van der Waals surface area contributed by atoms with Gasteiger partial charge in [-0.3, -0.25) is 5.32 Å². The smallest absolute Gasteiger partial charge is 0.147 e. The summed E-state index contributed by atoms with van der Waals surface area (Å²) in [5.74, 6) is 3.95. The number of nitrogens with zero attached hydrogens (tertiary/aromatic N) is 3. The number of furan rings is 1. The van der Waals surface area contributed by atoms with Crippen molar-refractivity contribution in [2.45, 2.75) is 58.7 Å². The molecule has 0 amide bonds. The Balaban J connectivity index is 1.74. The molecule has 0 unspecified atom stereocenters. The summed E-state index contributed by atoms with van der Waals surface area (Å²) in [6, 6.07) is 4.56. The van der Waals surface area contributed by atoms with Gasteiger partial charge in [-0.25, -0.2) is 9.67 Å². The molecule has 0 radical (unpaired) electrons. The Morgan fingerprint density at radius 2 is 2.35 bits per heavy atom. The molecular formula is C15H22N4O. The van der Waals surface area contributed by atoms with Crippen molar-refractivity contribution in [1.29, 1.82) is 0 Å². The Morgan fingerprint density at radius 1 is 1.50 bits per heavy atom. The van der Waals surface area contributed by atoms with Crippen molar-refractivity contribution in [3.8, 4) is 0 Å². The molecule has 20 heavy (non-hydrogen) atoms. The summed E-state index contributed by atoms with van der Waals surface area (Å²) >= 11 is 0. The molecule has 5 heteroatoms. The van der Waals surface area contributed by atoms with Crippen LogP contribution >= 0.6 is 0 Å². The third-order valence-electron chi connectivity index (χ3n) is 3.89. The van der Waals surface area contributed by atoms with Crippen LogP contribution in [0.1, 0.15) is 61.9 Å². The van der Waals surface area contributed by atoms with E-state index in [1.807, 2.05) is 11.6 Å². The first kappa shape index (κ1) is 13.4. The predicted octanol–water partition coefficient (Wildman–Crippen LogP) is 2.93. The van der Waals surface area contributed by atoms with Crippen LogP contribution in [0.2, 0.25) is 0 Å². The van der Waals surface area contributed by atoms with Gasteiger partial charge in [0.2, 0.25) is 0 Å². The van der Waals surface area contributed by atoms with Crippen LogP contribution in [0.25, 0.3) is 0 Å². The maximum absolute atomic E-state index is 5.82. The molecule has 2 aromatic heterocycles. The summed E-state index contributed by atoms with van der Waals surface area (Å²) < 4.78 is 7.85. The van der Waals surface area contributed by atoms with E-state index in [2.05, 4.69) is 41.4 Å². The van der Waals surface area contributed by atoms with Gasteiger partial charge in [-0.2, -0.15) is 5.10 Å². The second-order valence-corrected chi connectivity index (χ2v) is 5.48. The van der Waals surface area contributed by atoms with Gasteiger partial charge in [0.1, 0.15) is 23.2 Å². The SMILES string of the molecule is CCc1ccc([C@@H](C)N[C@H]2CCCn3nc(C)nc32)o1. The first-order chi connectivity index (χ1) is 9.67. The van der Waals surface area contributed by atoms with Crippen LogP contribution < -0.4 is 5.32 Å². The quantitative estimate of drug-likeness (QED) is 0.931. The van der Waals surface area contributed by atoms with E-state index in [0.717, 1.165) is 49.0 Å². The van der Waals surface area contributed by atoms with E-state index in [4.69, 9.17) is 4.42 Å². The molecule has 0 aromatic carbocycles. The second-order valence-electron chi connectivity index (χ2n) is 5.48. The van der Waals surface area contributed by atoms with E-state index in [-0.39, 0.29) is 12.1 Å². The minimum Gasteiger partial charge on any atom is -0.464 e. The fourth-order valence-electron chi connectivity index (χ4n) is 2.83. The van der Waals surface area contributed by atoms with Crippen LogP contribution in [0.4, 0.5) is 0 Å². The fourth-order valence-corrected chi connectivity index (χ4v) is 2.83. The van der Waals surface area contributed by atoms with Crippen molar-refractivity contribution in [1.82, 2.24) is 20.1 Å². The van der Waals surface area contributed by atoms with Gasteiger partial charge < -0.3 is 4.42 Å². The maximum Gasteiger partial charge on any atom is 0.147 e. The van der Waals surface area contributed by atoms with Gasteiger partial charge in [0, 0.05) is 13.0 Å². The first-order valence-corrected chi connectivity index (χ1v) is 7.43. The number of nitrogens with one attached hydrogen (secondary N) is 1. The van der Waals surface area contributed by atoms with Crippen molar-refractivity contribution in [2.75, 3.05) is 0 Å². The average molecular weight is 274 g/mol. The summed E-state index contributed by atoms with van der Waals surface area (Å²) in [5, 5.41) is 8.07. The molecule has 2 aromatic rings. The predicted molar refractivity (Wildman–Crippen MR) is 76.4 cm³/mol. The summed E-state index contributed by atoms with van der Waals surface area (Å²) in [5.41, 5.74) is 0. The van der Waals surface area contributed by atoms with Gasteiger partial charge in [-0.1, -0.05) is 6.92 Å². The molecule has 1 aliphatic heterocycles. The lowest BCUT2D eigenvalue weighted by molar-refractivity contribution is 0.319. The van der Waals surface area contributed by atoms with E-state index >= 15 is 0 Å². The maximum atomic E-state index is 5.82. The highest BCUT2D eigenvalue weighted by Gasteiger charge is 2.25. The van der Waals surface area contributed by atoms with Crippen molar-refractivity contribution >= 4 is 0 Å². The molecule has 0 fully saturated rings. The van der Waals surface area contributed by atoms with Crippen LogP contribution in [0.15, 0.2) is 16.5 Å². The summed E-state index contributed by atoms with van der Waals surface area (Å²) in [6.07, 6.45) is 3.17. The van der Waals surface area contributed by atoms with Crippen LogP contribution in [0, 0.1) is 6.92 Å². The van der Waals surface area contributed by atoms with Gasteiger partial charge in [-0.05, 0) is 38.8 Å². The van der Waals surface area contributed by atoms with Crippen LogP contribution in [0.3, 0.4) is 0 Å². The highest BCUT2D eigenvalue weighted by molar-refractivity contribution is 5.11. The van der Waals surface area contributed by atoms with Gasteiger partial charge in [0.05, 0.1) is 12.1 Å². The first-order valence-electron chi connectivity index (χ1n) is 7.43. The lowest BCUT2D eigenvalue weighted by Crippen LogP contribution is -2.30. The normalized spacial score (nSPS) is 19.9. The number of aromatic nitrogens is 3. The molecule has 3 heterocycles. The fraction of sp³-hybridized carbons (Fsp3) is 0.600. The lowest BCUT2D eigenvalue weighted by Gasteiger charge is -2.25. The molecule has 0 bridgehead atoms. The average Bonchev–Trinajstić information content (AvgIpc) is 3.04. The third-order valence-corrected chi connectivity index (χ3v) is 3.89. The van der Waals surface area contributed by atoms with Gasteiger partial charge in [-0.15, -0.1) is 0 Å². The number of hydrogen-bond donors (Lipinski definition) is 1. The molecule has 0 aliphatic carbocycles. The second kappa shape index (κ2) is 5.40. The summed E-state index contributed by atoms with van der Waals surface area (Å²) in [6.45, 7) is 7.17. The summed E-state index contributed by atoms with van der Waals surface area (Å²) in [4.78, 5) is 4.56. The van der Waals surface area contributed by atoms with E-state index < -0.39 is 0 Å². The van der Waals surface area contributed by atoms with Gasteiger partial charge in [0.15, 0.2) is 0 Å². The van der Waals surface area contributed by atoms with Crippen molar-refractivity contribution in [3.63, 3.8) is 0 Å². The highest BCUT2D eigenvalue weighted by atomic mass is 16.3. The van der Waals surface area contributed by atoms with E-state index in [1.54, 1.807) is 0 Å². The molecular weight excluding hydrogens is 252 g/mol. The Hall–Kier alpha value is -1.62. The van der Waals surface area contributed by atoms with Gasteiger partial charge in [0.25, 0.3) is 0 Å². The standard InChI is InChI=1S/C15H22N4O/c1-4-12-7-8-14(20-12)10(2)16-13-6-5-9-19-15(13)17-11(3)18-19/h7-8,10,13,16H,4-6,9H2,1-3H3/t10-,13+/m1/s1. The Bertz CT molecular complexity index is 586. The molecule has 0 saturated carbocycles. The zero-order chi connectivity index (χ0) is 14.1. The Labute approximate surface area is 119 Å². The monoisotopic (exact) mass is 274 g/mol. The third kappa shape index (κ3) is 2.50. The molecule has 3 rings (SSSR count). The van der Waals surface area contributed by atoms with Crippen molar-refractivity contribution in [3.05, 3.63) is 35.3 Å². The largest absolute Gasteiger partial charge is 0.464 e. The van der Waals surface area contributed by atoms with E-state index in [9.17, 15) is 0 Å². The minimum atomic E-state index is 0.184. The number of rotatable bonds is 4. The molecule has 108 valence electrons. The highest BCUT2D eigenvalue weighted by Crippen LogP contribution is 2.27.